The third-order valence-electron chi connectivity index (χ3n) is 1.73. The average Bonchev–Trinajstić information content (AvgIpc) is 2.32. The van der Waals surface area contributed by atoms with Crippen molar-refractivity contribution >= 4 is 17.4 Å². The van der Waals surface area contributed by atoms with Crippen LogP contribution in [0.4, 0.5) is 0 Å². The molecule has 0 atom stereocenters. The highest BCUT2D eigenvalue weighted by Crippen LogP contribution is 2.14. The van der Waals surface area contributed by atoms with E-state index in [0.717, 1.165) is 11.3 Å². The summed E-state index contributed by atoms with van der Waals surface area (Å²) in [5, 5.41) is 7.36. The summed E-state index contributed by atoms with van der Waals surface area (Å²) in [4.78, 5) is 4.25. The minimum atomic E-state index is 1.03. The topological polar surface area (TPSA) is 36.7 Å². The molecule has 2 nitrogen and oxygen atoms in total. The molecule has 0 bridgehead atoms. The van der Waals surface area contributed by atoms with Gasteiger partial charge in [0.25, 0.3) is 0 Å². The minimum absolute atomic E-state index is 1.03. The molecule has 0 amide bonds. The monoisotopic (exact) mass is 214 g/mol. The number of rotatable bonds is 1. The number of hydrogen-bond donors (Lipinski definition) is 1. The van der Waals surface area contributed by atoms with Crippen molar-refractivity contribution < 1.29 is 0 Å². The van der Waals surface area contributed by atoms with Crippen molar-refractivity contribution in [3.8, 4) is 11.3 Å². The van der Waals surface area contributed by atoms with E-state index in [1.54, 1.807) is 5.16 Å². The normalized spacial score (nSPS) is 8.27. The van der Waals surface area contributed by atoms with Crippen molar-refractivity contribution in [2.24, 2.45) is 0 Å². The van der Waals surface area contributed by atoms with Gasteiger partial charge in [0.05, 0.1) is 10.9 Å². The summed E-state index contributed by atoms with van der Waals surface area (Å²) in [7, 11) is 0. The van der Waals surface area contributed by atoms with E-state index >= 15 is 0 Å². The third-order valence-corrected chi connectivity index (χ3v) is 1.73. The highest BCUT2D eigenvalue weighted by molar-refractivity contribution is 7.78. The van der Waals surface area contributed by atoms with Crippen LogP contribution in [-0.4, -0.2) is 10.1 Å². The molecule has 1 heterocycles. The van der Waals surface area contributed by atoms with Crippen molar-refractivity contribution in [3.63, 3.8) is 0 Å². The molecule has 2 aromatic rings. The SMILES string of the molecule is N=C=S.c1ccc(-c2ccccn2)cc1. The number of benzene rings is 1. The van der Waals surface area contributed by atoms with Crippen LogP contribution < -0.4 is 0 Å². The number of pyridine rings is 1. The molecular weight excluding hydrogens is 204 g/mol. The fourth-order valence-corrected chi connectivity index (χ4v) is 1.14. The van der Waals surface area contributed by atoms with Gasteiger partial charge in [0, 0.05) is 11.8 Å². The first-order valence-corrected chi connectivity index (χ1v) is 4.79. The largest absolute Gasteiger partial charge is 0.256 e. The first-order chi connectivity index (χ1) is 7.38. The van der Waals surface area contributed by atoms with Crippen LogP contribution in [0.5, 0.6) is 0 Å². The lowest BCUT2D eigenvalue weighted by Crippen LogP contribution is -1.79. The van der Waals surface area contributed by atoms with E-state index < -0.39 is 0 Å². The zero-order valence-electron chi connectivity index (χ0n) is 8.05. The first-order valence-electron chi connectivity index (χ1n) is 4.39. The second kappa shape index (κ2) is 6.60. The zero-order valence-corrected chi connectivity index (χ0v) is 8.87. The molecule has 1 aromatic heterocycles. The molecule has 2 rings (SSSR count). The van der Waals surface area contributed by atoms with Crippen LogP contribution in [0.2, 0.25) is 0 Å². The first kappa shape index (κ1) is 11.2. The lowest BCUT2D eigenvalue weighted by molar-refractivity contribution is 1.33. The summed E-state index contributed by atoms with van der Waals surface area (Å²) in [6, 6.07) is 16.1. The number of isothiocyanates is 1. The van der Waals surface area contributed by atoms with Crippen LogP contribution >= 0.6 is 12.2 Å². The lowest BCUT2D eigenvalue weighted by atomic mass is 10.1. The molecule has 0 aliphatic rings. The fraction of sp³-hybridized carbons (Fsp3) is 0. The van der Waals surface area contributed by atoms with Gasteiger partial charge >= 0.3 is 0 Å². The Hall–Kier alpha value is -1.83. The van der Waals surface area contributed by atoms with Gasteiger partial charge in [-0.3, -0.25) is 4.98 Å². The molecule has 0 aliphatic heterocycles. The van der Waals surface area contributed by atoms with E-state index in [4.69, 9.17) is 5.41 Å². The van der Waals surface area contributed by atoms with Gasteiger partial charge in [-0.2, -0.15) is 0 Å². The molecule has 0 spiro atoms. The Morgan fingerprint density at radius 3 is 2.13 bits per heavy atom. The van der Waals surface area contributed by atoms with E-state index in [2.05, 4.69) is 29.3 Å². The van der Waals surface area contributed by atoms with E-state index in [9.17, 15) is 0 Å². The maximum Gasteiger partial charge on any atom is 0.0701 e. The lowest BCUT2D eigenvalue weighted by Gasteiger charge is -1.97. The van der Waals surface area contributed by atoms with Crippen LogP contribution in [0.15, 0.2) is 54.7 Å². The molecule has 0 radical (unpaired) electrons. The third kappa shape index (κ3) is 3.81. The number of aromatic nitrogens is 1. The number of thiocarbonyl (C=S) groups is 1. The minimum Gasteiger partial charge on any atom is -0.256 e. The van der Waals surface area contributed by atoms with Crippen molar-refractivity contribution in [3.05, 3.63) is 54.7 Å². The van der Waals surface area contributed by atoms with Gasteiger partial charge in [0.15, 0.2) is 0 Å². The van der Waals surface area contributed by atoms with E-state index in [-0.39, 0.29) is 0 Å². The number of nitrogens with one attached hydrogen (secondary N) is 1. The predicted octanol–water partition coefficient (Wildman–Crippen LogP) is 3.42. The molecule has 0 fully saturated rings. The van der Waals surface area contributed by atoms with Crippen LogP contribution in [0.1, 0.15) is 0 Å². The molecule has 74 valence electrons. The Bertz CT molecular complexity index is 382. The van der Waals surface area contributed by atoms with Gasteiger partial charge in [-0.25, -0.2) is 5.41 Å². The summed E-state index contributed by atoms with van der Waals surface area (Å²) in [5.74, 6) is 0. The van der Waals surface area contributed by atoms with Crippen LogP contribution in [0.3, 0.4) is 0 Å². The van der Waals surface area contributed by atoms with Crippen molar-refractivity contribution in [1.29, 1.82) is 5.41 Å². The Kier molecular flexibility index (Phi) is 4.95. The van der Waals surface area contributed by atoms with E-state index in [1.807, 2.05) is 42.6 Å². The quantitative estimate of drug-likeness (QED) is 0.583. The second-order valence-electron chi connectivity index (χ2n) is 2.68. The van der Waals surface area contributed by atoms with Gasteiger partial charge in [-0.05, 0) is 24.4 Å². The molecule has 0 saturated heterocycles. The smallest absolute Gasteiger partial charge is 0.0701 e. The number of hydrogen-bond acceptors (Lipinski definition) is 3. The zero-order chi connectivity index (χ0) is 10.9. The Morgan fingerprint density at radius 1 is 1.00 bits per heavy atom. The molecule has 1 N–H and O–H groups in total. The van der Waals surface area contributed by atoms with Gasteiger partial charge in [-0.1, -0.05) is 36.4 Å². The molecule has 1 aromatic carbocycles. The number of nitrogens with zero attached hydrogens (tertiary/aromatic N) is 1. The van der Waals surface area contributed by atoms with Crippen LogP contribution in [-0.2, 0) is 0 Å². The average molecular weight is 214 g/mol. The molecule has 0 aliphatic carbocycles. The summed E-state index contributed by atoms with van der Waals surface area (Å²) in [6.07, 6.45) is 1.81. The van der Waals surface area contributed by atoms with Gasteiger partial charge in [0.1, 0.15) is 0 Å². The Balaban J connectivity index is 0.000000337. The second-order valence-corrected chi connectivity index (χ2v) is 2.89. The molecule has 3 heteroatoms. The highest BCUT2D eigenvalue weighted by atomic mass is 32.1. The molecule has 0 saturated carbocycles. The van der Waals surface area contributed by atoms with Crippen molar-refractivity contribution in [1.82, 2.24) is 4.98 Å². The van der Waals surface area contributed by atoms with Gasteiger partial charge in [-0.15, -0.1) is 0 Å². The van der Waals surface area contributed by atoms with E-state index in [0.29, 0.717) is 0 Å². The Morgan fingerprint density at radius 2 is 1.60 bits per heavy atom. The summed E-state index contributed by atoms with van der Waals surface area (Å²) >= 11 is 3.81. The maximum atomic E-state index is 5.77. The van der Waals surface area contributed by atoms with Crippen LogP contribution in [0.25, 0.3) is 11.3 Å². The van der Waals surface area contributed by atoms with Crippen molar-refractivity contribution in [2.75, 3.05) is 0 Å². The summed E-state index contributed by atoms with van der Waals surface area (Å²) < 4.78 is 0. The fourth-order valence-electron chi connectivity index (χ4n) is 1.14. The molecule has 0 unspecified atom stereocenters. The summed E-state index contributed by atoms with van der Waals surface area (Å²) in [5.41, 5.74) is 2.19. The van der Waals surface area contributed by atoms with Gasteiger partial charge in [0.2, 0.25) is 0 Å². The Labute approximate surface area is 94.1 Å². The van der Waals surface area contributed by atoms with E-state index in [1.165, 1.54) is 0 Å². The maximum absolute atomic E-state index is 5.77. The van der Waals surface area contributed by atoms with Crippen LogP contribution in [0, 0.1) is 5.41 Å². The van der Waals surface area contributed by atoms with Crippen molar-refractivity contribution in [2.45, 2.75) is 0 Å². The molecule has 15 heavy (non-hydrogen) atoms. The standard InChI is InChI=1S/C11H9N.CHNS/c1-2-6-10(7-3-1)11-8-4-5-9-12-11;2-1-3/h1-9H;2H. The highest BCUT2D eigenvalue weighted by Gasteiger charge is 1.93. The predicted molar refractivity (Wildman–Crippen MR) is 65.0 cm³/mol. The van der Waals surface area contributed by atoms with Gasteiger partial charge < -0.3 is 0 Å². The summed E-state index contributed by atoms with van der Waals surface area (Å²) in [6.45, 7) is 0. The molecular formula is C12H10N2S.